The van der Waals surface area contributed by atoms with Crippen LogP contribution in [-0.4, -0.2) is 32.1 Å². The summed E-state index contributed by atoms with van der Waals surface area (Å²) in [6.45, 7) is 2.42. The van der Waals surface area contributed by atoms with Gasteiger partial charge in [0.25, 0.3) is 0 Å². The molecule has 0 saturated carbocycles. The number of carbonyl (C=O) groups is 1. The van der Waals surface area contributed by atoms with Crippen molar-refractivity contribution in [2.45, 2.75) is 19.4 Å². The highest BCUT2D eigenvalue weighted by Gasteiger charge is 2.43. The lowest BCUT2D eigenvalue weighted by molar-refractivity contribution is -0.127. The van der Waals surface area contributed by atoms with E-state index in [2.05, 4.69) is 0 Å². The molecule has 19 heavy (non-hydrogen) atoms. The molecule has 0 spiro atoms. The zero-order valence-electron chi connectivity index (χ0n) is 11.1. The van der Waals surface area contributed by atoms with Crippen molar-refractivity contribution < 1.29 is 18.7 Å². The molecular weight excluding hydrogens is 249 g/mol. The summed E-state index contributed by atoms with van der Waals surface area (Å²) in [4.78, 5) is 12.3. The number of ether oxygens (including phenoxy) is 2. The summed E-state index contributed by atoms with van der Waals surface area (Å²) >= 11 is 0. The molecule has 1 fully saturated rings. The van der Waals surface area contributed by atoms with E-state index in [1.807, 2.05) is 0 Å². The van der Waals surface area contributed by atoms with Gasteiger partial charge in [0.1, 0.15) is 5.78 Å². The molecule has 2 N–H and O–H groups in total. The minimum absolute atomic E-state index is 0.00338. The number of rotatable bonds is 4. The normalized spacial score (nSPS) is 26.4. The van der Waals surface area contributed by atoms with Gasteiger partial charge in [0.05, 0.1) is 25.7 Å². The van der Waals surface area contributed by atoms with E-state index >= 15 is 0 Å². The summed E-state index contributed by atoms with van der Waals surface area (Å²) in [6.07, 6.45) is -0.00338. The van der Waals surface area contributed by atoms with E-state index in [1.165, 1.54) is 13.2 Å². The Kier molecular flexibility index (Phi) is 3.87. The molecule has 0 aromatic heterocycles. The van der Waals surface area contributed by atoms with Crippen LogP contribution in [0.2, 0.25) is 0 Å². The second-order valence-corrected chi connectivity index (χ2v) is 5.07. The summed E-state index contributed by atoms with van der Waals surface area (Å²) in [5.41, 5.74) is 5.48. The van der Waals surface area contributed by atoms with Gasteiger partial charge >= 0.3 is 0 Å². The maximum absolute atomic E-state index is 14.0. The number of ketones is 1. The van der Waals surface area contributed by atoms with E-state index in [1.54, 1.807) is 19.1 Å². The van der Waals surface area contributed by atoms with Gasteiger partial charge in [0.2, 0.25) is 0 Å². The predicted molar refractivity (Wildman–Crippen MR) is 68.6 cm³/mol. The average Bonchev–Trinajstić information content (AvgIpc) is 2.73. The first kappa shape index (κ1) is 14.0. The van der Waals surface area contributed by atoms with Gasteiger partial charge in [-0.25, -0.2) is 4.39 Å². The topological polar surface area (TPSA) is 61.5 Å². The van der Waals surface area contributed by atoms with Crippen LogP contribution in [0.1, 0.15) is 12.5 Å². The highest BCUT2D eigenvalue weighted by atomic mass is 19.1. The molecule has 2 atom stereocenters. The Morgan fingerprint density at radius 1 is 1.63 bits per heavy atom. The number of benzene rings is 1. The van der Waals surface area contributed by atoms with Crippen molar-refractivity contribution in [1.82, 2.24) is 0 Å². The molecule has 1 saturated heterocycles. The van der Waals surface area contributed by atoms with Crippen LogP contribution in [0.3, 0.4) is 0 Å². The Hall–Kier alpha value is -1.46. The second kappa shape index (κ2) is 5.27. The van der Waals surface area contributed by atoms with Gasteiger partial charge < -0.3 is 15.2 Å². The number of methoxy groups -OCH3 is 1. The number of Topliss-reactive ketones (excluding diaryl/α,β-unsaturated/α-hetero) is 1. The highest BCUT2D eigenvalue weighted by Crippen LogP contribution is 2.30. The summed E-state index contributed by atoms with van der Waals surface area (Å²) in [6, 6.07) is 4.43. The van der Waals surface area contributed by atoms with E-state index in [0.29, 0.717) is 18.8 Å². The Morgan fingerprint density at radius 2 is 2.37 bits per heavy atom. The van der Waals surface area contributed by atoms with Crippen LogP contribution in [-0.2, 0) is 16.0 Å². The molecule has 0 radical (unpaired) electrons. The van der Waals surface area contributed by atoms with Crippen molar-refractivity contribution in [3.63, 3.8) is 0 Å². The lowest BCUT2D eigenvalue weighted by Crippen LogP contribution is -2.45. The first-order valence-electron chi connectivity index (χ1n) is 6.17. The van der Waals surface area contributed by atoms with Crippen LogP contribution < -0.4 is 10.5 Å². The van der Waals surface area contributed by atoms with Gasteiger partial charge in [-0.05, 0) is 18.6 Å². The van der Waals surface area contributed by atoms with Crippen LogP contribution in [0, 0.1) is 11.2 Å². The summed E-state index contributed by atoms with van der Waals surface area (Å²) < 4.78 is 24.1. The van der Waals surface area contributed by atoms with Crippen molar-refractivity contribution in [3.8, 4) is 5.75 Å². The van der Waals surface area contributed by atoms with Crippen molar-refractivity contribution in [1.29, 1.82) is 0 Å². The number of carbonyl (C=O) groups excluding carboxylic acids is 1. The van der Waals surface area contributed by atoms with Crippen molar-refractivity contribution in [3.05, 3.63) is 29.6 Å². The van der Waals surface area contributed by atoms with Crippen molar-refractivity contribution in [2.24, 2.45) is 11.1 Å². The minimum atomic E-state index is -0.741. The molecule has 0 aliphatic carbocycles. The molecule has 2 unspecified atom stereocenters. The van der Waals surface area contributed by atoms with E-state index in [-0.39, 0.29) is 24.0 Å². The predicted octanol–water partition coefficient (Wildman–Crippen LogP) is 1.31. The van der Waals surface area contributed by atoms with E-state index in [0.717, 1.165) is 0 Å². The number of hydrogen-bond donors (Lipinski definition) is 1. The summed E-state index contributed by atoms with van der Waals surface area (Å²) in [5, 5.41) is 0. The molecule has 104 valence electrons. The van der Waals surface area contributed by atoms with Gasteiger partial charge in [0, 0.05) is 12.5 Å². The molecule has 4 nitrogen and oxygen atoms in total. The Bertz CT molecular complexity index is 492. The molecule has 1 aliphatic heterocycles. The van der Waals surface area contributed by atoms with Crippen LogP contribution in [0.25, 0.3) is 0 Å². The number of halogens is 1. The first-order valence-corrected chi connectivity index (χ1v) is 6.17. The molecule has 1 heterocycles. The van der Waals surface area contributed by atoms with Crippen LogP contribution in [0.15, 0.2) is 18.2 Å². The van der Waals surface area contributed by atoms with Gasteiger partial charge in [-0.3, -0.25) is 4.79 Å². The minimum Gasteiger partial charge on any atom is -0.494 e. The van der Waals surface area contributed by atoms with Crippen LogP contribution in [0.5, 0.6) is 5.75 Å². The van der Waals surface area contributed by atoms with Gasteiger partial charge in [0.15, 0.2) is 11.6 Å². The Balaban J connectivity index is 2.20. The maximum atomic E-state index is 14.0. The summed E-state index contributed by atoms with van der Waals surface area (Å²) in [7, 11) is 1.39. The molecule has 1 aliphatic rings. The molecule has 1 aromatic rings. The third-order valence-electron chi connectivity index (χ3n) is 3.77. The molecule has 5 heteroatoms. The highest BCUT2D eigenvalue weighted by molar-refractivity contribution is 5.87. The Labute approximate surface area is 111 Å². The smallest absolute Gasteiger partial charge is 0.168 e. The van der Waals surface area contributed by atoms with Crippen molar-refractivity contribution >= 4 is 5.78 Å². The molecule has 1 aromatic carbocycles. The number of hydrogen-bond acceptors (Lipinski definition) is 4. The van der Waals surface area contributed by atoms with Gasteiger partial charge in [-0.1, -0.05) is 12.1 Å². The molecule has 0 amide bonds. The third-order valence-corrected chi connectivity index (χ3v) is 3.77. The van der Waals surface area contributed by atoms with E-state index < -0.39 is 11.2 Å². The lowest BCUT2D eigenvalue weighted by atomic mass is 9.79. The van der Waals surface area contributed by atoms with Gasteiger partial charge in [-0.15, -0.1) is 0 Å². The monoisotopic (exact) mass is 267 g/mol. The molecular formula is C14H18FNO3. The second-order valence-electron chi connectivity index (χ2n) is 5.07. The van der Waals surface area contributed by atoms with E-state index in [9.17, 15) is 9.18 Å². The number of nitrogens with two attached hydrogens (primary N) is 1. The summed E-state index contributed by atoms with van der Waals surface area (Å²) in [5.74, 6) is -0.457. The third kappa shape index (κ3) is 2.48. The molecule has 2 rings (SSSR count). The quantitative estimate of drug-likeness (QED) is 0.893. The fourth-order valence-corrected chi connectivity index (χ4v) is 2.20. The zero-order valence-corrected chi connectivity index (χ0v) is 11.1. The zero-order chi connectivity index (χ0) is 14.0. The fraction of sp³-hybridized carbons (Fsp3) is 0.500. The molecule has 0 bridgehead atoms. The lowest BCUT2D eigenvalue weighted by Gasteiger charge is -2.25. The fourth-order valence-electron chi connectivity index (χ4n) is 2.20. The maximum Gasteiger partial charge on any atom is 0.168 e. The van der Waals surface area contributed by atoms with Crippen LogP contribution in [0.4, 0.5) is 4.39 Å². The van der Waals surface area contributed by atoms with Crippen molar-refractivity contribution in [2.75, 3.05) is 20.3 Å². The van der Waals surface area contributed by atoms with E-state index in [4.69, 9.17) is 15.2 Å². The standard InChI is InChI=1S/C14H18FNO3/c1-14(8-19-7-11(14)16)12(17)6-9-4-3-5-10(18-2)13(9)15/h3-5,11H,6-8,16H2,1-2H3. The van der Waals surface area contributed by atoms with Gasteiger partial charge in [-0.2, -0.15) is 0 Å². The average molecular weight is 267 g/mol. The Morgan fingerprint density at radius 3 is 2.95 bits per heavy atom. The SMILES string of the molecule is COc1cccc(CC(=O)C2(C)COCC2N)c1F. The first-order chi connectivity index (χ1) is 8.99. The largest absolute Gasteiger partial charge is 0.494 e. The van der Waals surface area contributed by atoms with Crippen LogP contribution >= 0.6 is 0 Å².